The molecule has 0 aliphatic heterocycles. The van der Waals surface area contributed by atoms with Crippen molar-refractivity contribution in [2.75, 3.05) is 0 Å². The number of para-hydroxylation sites is 1. The van der Waals surface area contributed by atoms with Crippen LogP contribution < -0.4 is 0 Å². The maximum Gasteiger partial charge on any atom is 0.303 e. The van der Waals surface area contributed by atoms with E-state index >= 15 is 0 Å². The van der Waals surface area contributed by atoms with Gasteiger partial charge in [0.25, 0.3) is 0 Å². The molecule has 0 saturated carbocycles. The van der Waals surface area contributed by atoms with Crippen LogP contribution in [-0.2, 0) is 11.2 Å². The van der Waals surface area contributed by atoms with E-state index in [1.54, 1.807) is 10.7 Å². The molecule has 0 aliphatic rings. The number of rotatable bonds is 4. The Hall–Kier alpha value is -1.81. The molecule has 1 N–H and O–H groups in total. The van der Waals surface area contributed by atoms with Gasteiger partial charge in [-0.1, -0.05) is 23.7 Å². The molecule has 0 unspecified atom stereocenters. The molecule has 0 fully saturated rings. The summed E-state index contributed by atoms with van der Waals surface area (Å²) in [6.07, 6.45) is 0.507. The van der Waals surface area contributed by atoms with Crippen LogP contribution in [0.3, 0.4) is 0 Å². The summed E-state index contributed by atoms with van der Waals surface area (Å²) in [4.78, 5) is 10.5. The molecular formula is C13H13ClN2O2. The second-order valence-electron chi connectivity index (χ2n) is 4.03. The summed E-state index contributed by atoms with van der Waals surface area (Å²) in [6, 6.07) is 9.31. The van der Waals surface area contributed by atoms with Gasteiger partial charge in [-0.15, -0.1) is 0 Å². The number of carboxylic acids is 1. The van der Waals surface area contributed by atoms with Crippen molar-refractivity contribution in [3.63, 3.8) is 0 Å². The summed E-state index contributed by atoms with van der Waals surface area (Å²) in [7, 11) is 0. The van der Waals surface area contributed by atoms with Crippen molar-refractivity contribution < 1.29 is 9.90 Å². The molecule has 94 valence electrons. The number of carboxylic acid groups (broad SMARTS) is 1. The summed E-state index contributed by atoms with van der Waals surface area (Å²) in [5, 5.41) is 13.7. The lowest BCUT2D eigenvalue weighted by Crippen LogP contribution is -2.01. The molecule has 4 nitrogen and oxygen atoms in total. The van der Waals surface area contributed by atoms with Gasteiger partial charge in [0.15, 0.2) is 0 Å². The zero-order chi connectivity index (χ0) is 13.1. The molecular weight excluding hydrogens is 252 g/mol. The molecule has 0 aliphatic carbocycles. The Morgan fingerprint density at radius 3 is 2.83 bits per heavy atom. The lowest BCUT2D eigenvalue weighted by atomic mass is 10.2. The van der Waals surface area contributed by atoms with Gasteiger partial charge in [-0.2, -0.15) is 5.10 Å². The summed E-state index contributed by atoms with van der Waals surface area (Å²) >= 11 is 6.11. The van der Waals surface area contributed by atoms with Crippen molar-refractivity contribution in [1.82, 2.24) is 9.78 Å². The average molecular weight is 265 g/mol. The van der Waals surface area contributed by atoms with E-state index < -0.39 is 5.97 Å². The number of halogens is 1. The van der Waals surface area contributed by atoms with Crippen molar-refractivity contribution in [3.8, 4) is 5.69 Å². The third-order valence-electron chi connectivity index (χ3n) is 2.61. The fourth-order valence-corrected chi connectivity index (χ4v) is 1.98. The van der Waals surface area contributed by atoms with Crippen LogP contribution in [0.4, 0.5) is 0 Å². The van der Waals surface area contributed by atoms with E-state index in [4.69, 9.17) is 16.7 Å². The average Bonchev–Trinajstić information content (AvgIpc) is 2.69. The Morgan fingerprint density at radius 1 is 1.44 bits per heavy atom. The first-order valence-corrected chi connectivity index (χ1v) is 5.98. The first kappa shape index (κ1) is 12.6. The largest absolute Gasteiger partial charge is 0.481 e. The van der Waals surface area contributed by atoms with E-state index in [-0.39, 0.29) is 6.42 Å². The van der Waals surface area contributed by atoms with Crippen LogP contribution in [0.1, 0.15) is 17.8 Å². The standard InChI is InChI=1S/C13H13ClN2O2/c1-9-8-10(6-7-13(17)18)15-16(9)12-5-3-2-4-11(12)14/h2-5,8H,6-7H2,1H3,(H,17,18). The van der Waals surface area contributed by atoms with Gasteiger partial charge in [0, 0.05) is 12.1 Å². The molecule has 1 aromatic heterocycles. The predicted molar refractivity (Wildman–Crippen MR) is 69.3 cm³/mol. The maximum atomic E-state index is 10.5. The Labute approximate surface area is 110 Å². The highest BCUT2D eigenvalue weighted by Gasteiger charge is 2.09. The molecule has 0 saturated heterocycles. The van der Waals surface area contributed by atoms with Gasteiger partial charge >= 0.3 is 5.97 Å². The molecule has 5 heteroatoms. The van der Waals surface area contributed by atoms with E-state index in [0.29, 0.717) is 11.4 Å². The van der Waals surface area contributed by atoms with Crippen LogP contribution in [0.25, 0.3) is 5.69 Å². The molecule has 18 heavy (non-hydrogen) atoms. The topological polar surface area (TPSA) is 55.1 Å². The molecule has 2 aromatic rings. The van der Waals surface area contributed by atoms with E-state index in [9.17, 15) is 4.79 Å². The van der Waals surface area contributed by atoms with E-state index in [1.165, 1.54) is 0 Å². The highest BCUT2D eigenvalue weighted by molar-refractivity contribution is 6.32. The van der Waals surface area contributed by atoms with Gasteiger partial charge in [-0.05, 0) is 25.1 Å². The van der Waals surface area contributed by atoms with Crippen LogP contribution in [0.5, 0.6) is 0 Å². The second kappa shape index (κ2) is 5.23. The molecule has 1 aromatic carbocycles. The molecule has 0 bridgehead atoms. The summed E-state index contributed by atoms with van der Waals surface area (Å²) < 4.78 is 1.74. The smallest absolute Gasteiger partial charge is 0.303 e. The lowest BCUT2D eigenvalue weighted by molar-refractivity contribution is -0.136. The molecule has 2 rings (SSSR count). The van der Waals surface area contributed by atoms with Crippen LogP contribution in [-0.4, -0.2) is 20.9 Å². The highest BCUT2D eigenvalue weighted by atomic mass is 35.5. The van der Waals surface area contributed by atoms with Crippen molar-refractivity contribution in [3.05, 3.63) is 46.7 Å². The Morgan fingerprint density at radius 2 is 2.17 bits per heavy atom. The first-order chi connectivity index (χ1) is 8.58. The van der Waals surface area contributed by atoms with Crippen LogP contribution in [0, 0.1) is 6.92 Å². The van der Waals surface area contributed by atoms with Crippen LogP contribution in [0.2, 0.25) is 5.02 Å². The van der Waals surface area contributed by atoms with Gasteiger partial charge in [0.2, 0.25) is 0 Å². The SMILES string of the molecule is Cc1cc(CCC(=O)O)nn1-c1ccccc1Cl. The Kier molecular flexibility index (Phi) is 3.67. The number of aliphatic carboxylic acids is 1. The summed E-state index contributed by atoms with van der Waals surface area (Å²) in [5.41, 5.74) is 2.50. The molecule has 0 spiro atoms. The quantitative estimate of drug-likeness (QED) is 0.924. The summed E-state index contributed by atoms with van der Waals surface area (Å²) in [6.45, 7) is 1.92. The molecule has 0 amide bonds. The number of nitrogens with zero attached hydrogens (tertiary/aromatic N) is 2. The maximum absolute atomic E-state index is 10.5. The van der Waals surface area contributed by atoms with Crippen LogP contribution in [0.15, 0.2) is 30.3 Å². The fraction of sp³-hybridized carbons (Fsp3) is 0.231. The van der Waals surface area contributed by atoms with Gasteiger partial charge in [-0.3, -0.25) is 4.79 Å². The number of hydrogen-bond donors (Lipinski definition) is 1. The third kappa shape index (κ3) is 2.71. The first-order valence-electron chi connectivity index (χ1n) is 5.60. The predicted octanol–water partition coefficient (Wildman–Crippen LogP) is 2.85. The van der Waals surface area contributed by atoms with Crippen molar-refractivity contribution in [2.45, 2.75) is 19.8 Å². The number of hydrogen-bond acceptors (Lipinski definition) is 2. The lowest BCUT2D eigenvalue weighted by Gasteiger charge is -2.05. The summed E-state index contributed by atoms with van der Waals surface area (Å²) in [5.74, 6) is -0.819. The Bertz CT molecular complexity index is 578. The third-order valence-corrected chi connectivity index (χ3v) is 2.93. The van der Waals surface area contributed by atoms with Gasteiger partial charge < -0.3 is 5.11 Å². The molecule has 1 heterocycles. The minimum absolute atomic E-state index is 0.0823. The Balaban J connectivity index is 2.30. The monoisotopic (exact) mass is 264 g/mol. The fourth-order valence-electron chi connectivity index (χ4n) is 1.76. The zero-order valence-electron chi connectivity index (χ0n) is 9.93. The van der Waals surface area contributed by atoms with Gasteiger partial charge in [0.05, 0.1) is 22.8 Å². The van der Waals surface area contributed by atoms with E-state index in [1.807, 2.05) is 31.2 Å². The second-order valence-corrected chi connectivity index (χ2v) is 4.44. The minimum Gasteiger partial charge on any atom is -0.481 e. The minimum atomic E-state index is -0.819. The van der Waals surface area contributed by atoms with Crippen molar-refractivity contribution in [2.24, 2.45) is 0 Å². The van der Waals surface area contributed by atoms with E-state index in [0.717, 1.165) is 17.1 Å². The van der Waals surface area contributed by atoms with Gasteiger partial charge in [-0.25, -0.2) is 4.68 Å². The van der Waals surface area contributed by atoms with E-state index in [2.05, 4.69) is 5.10 Å². The van der Waals surface area contributed by atoms with Crippen LogP contribution >= 0.6 is 11.6 Å². The molecule has 0 atom stereocenters. The highest BCUT2D eigenvalue weighted by Crippen LogP contribution is 2.21. The van der Waals surface area contributed by atoms with Gasteiger partial charge in [0.1, 0.15) is 0 Å². The normalized spacial score (nSPS) is 10.6. The van der Waals surface area contributed by atoms with Crippen molar-refractivity contribution in [1.29, 1.82) is 0 Å². The zero-order valence-corrected chi connectivity index (χ0v) is 10.7. The number of benzene rings is 1. The van der Waals surface area contributed by atoms with Crippen molar-refractivity contribution >= 4 is 17.6 Å². The molecule has 0 radical (unpaired) electrons. The number of aromatic nitrogens is 2. The number of carbonyl (C=O) groups is 1. The number of aryl methyl sites for hydroxylation is 2.